The molecule has 0 aromatic heterocycles. The van der Waals surface area contributed by atoms with Crippen LogP contribution in [0.3, 0.4) is 0 Å². The van der Waals surface area contributed by atoms with Crippen LogP contribution in [0.25, 0.3) is 0 Å². The normalized spacial score (nSPS) is 35.6. The van der Waals surface area contributed by atoms with Gasteiger partial charge in [-0.2, -0.15) is 0 Å². The summed E-state index contributed by atoms with van der Waals surface area (Å²) in [5.74, 6) is -3.55. The third-order valence-corrected chi connectivity index (χ3v) is 4.73. The van der Waals surface area contributed by atoms with Crippen LogP contribution in [0, 0.1) is 11.8 Å². The summed E-state index contributed by atoms with van der Waals surface area (Å²) in [6.45, 7) is 1.01. The molecule has 2 aliphatic rings. The Hall–Kier alpha value is -1.14. The number of rotatable bonds is 4. The van der Waals surface area contributed by atoms with E-state index in [9.17, 15) is 14.7 Å². The van der Waals surface area contributed by atoms with E-state index in [1.807, 2.05) is 0 Å². The Labute approximate surface area is 118 Å². The standard InChI is InChI=1S/C14H23NO5/c1-20-10-4-2-3-9(7-10)15-6-5-11(13(16)17)12(8-15)14(18)19/h9-12H,2-8H2,1H3,(H,16,17)(H,18,19). The van der Waals surface area contributed by atoms with Crippen molar-refractivity contribution in [1.29, 1.82) is 0 Å². The fourth-order valence-electron chi connectivity index (χ4n) is 3.52. The van der Waals surface area contributed by atoms with Crippen molar-refractivity contribution in [3.8, 4) is 0 Å². The summed E-state index contributed by atoms with van der Waals surface area (Å²) in [4.78, 5) is 24.6. The van der Waals surface area contributed by atoms with Gasteiger partial charge < -0.3 is 14.9 Å². The molecular formula is C14H23NO5. The zero-order valence-electron chi connectivity index (χ0n) is 11.8. The van der Waals surface area contributed by atoms with Crippen LogP contribution < -0.4 is 0 Å². The van der Waals surface area contributed by atoms with Gasteiger partial charge in [0.2, 0.25) is 0 Å². The second kappa shape index (κ2) is 6.54. The van der Waals surface area contributed by atoms with Gasteiger partial charge >= 0.3 is 11.9 Å². The molecule has 6 heteroatoms. The number of carbonyl (C=O) groups is 2. The number of ether oxygens (including phenoxy) is 1. The van der Waals surface area contributed by atoms with Crippen LogP contribution in [0.2, 0.25) is 0 Å². The van der Waals surface area contributed by atoms with E-state index in [1.165, 1.54) is 0 Å². The first-order valence-corrected chi connectivity index (χ1v) is 7.25. The molecular weight excluding hydrogens is 262 g/mol. The highest BCUT2D eigenvalue weighted by Gasteiger charge is 2.41. The molecule has 0 radical (unpaired) electrons. The van der Waals surface area contributed by atoms with E-state index in [0.29, 0.717) is 25.6 Å². The zero-order chi connectivity index (χ0) is 14.7. The van der Waals surface area contributed by atoms with Crippen LogP contribution in [0.15, 0.2) is 0 Å². The van der Waals surface area contributed by atoms with E-state index in [2.05, 4.69) is 4.90 Å². The lowest BCUT2D eigenvalue weighted by atomic mass is 9.83. The van der Waals surface area contributed by atoms with Crippen LogP contribution in [0.1, 0.15) is 32.1 Å². The van der Waals surface area contributed by atoms with Gasteiger partial charge in [0.15, 0.2) is 0 Å². The minimum Gasteiger partial charge on any atom is -0.481 e. The van der Waals surface area contributed by atoms with Gasteiger partial charge in [0.1, 0.15) is 0 Å². The van der Waals surface area contributed by atoms with Crippen molar-refractivity contribution >= 4 is 11.9 Å². The predicted molar refractivity (Wildman–Crippen MR) is 71.5 cm³/mol. The van der Waals surface area contributed by atoms with Gasteiger partial charge in [0.05, 0.1) is 17.9 Å². The molecule has 1 saturated heterocycles. The maximum atomic E-state index is 11.3. The molecule has 0 aromatic carbocycles. The fraction of sp³-hybridized carbons (Fsp3) is 0.857. The summed E-state index contributed by atoms with van der Waals surface area (Å²) in [5.41, 5.74) is 0. The van der Waals surface area contributed by atoms with Crippen LogP contribution in [-0.4, -0.2) is 59.4 Å². The smallest absolute Gasteiger partial charge is 0.308 e. The molecule has 114 valence electrons. The minimum absolute atomic E-state index is 0.245. The molecule has 6 nitrogen and oxygen atoms in total. The number of piperidine rings is 1. The molecule has 0 spiro atoms. The number of nitrogens with zero attached hydrogens (tertiary/aromatic N) is 1. The zero-order valence-corrected chi connectivity index (χ0v) is 11.8. The van der Waals surface area contributed by atoms with Gasteiger partial charge in [-0.3, -0.25) is 14.5 Å². The molecule has 0 amide bonds. The maximum absolute atomic E-state index is 11.3. The van der Waals surface area contributed by atoms with Crippen LogP contribution in [0.4, 0.5) is 0 Å². The quantitative estimate of drug-likeness (QED) is 0.803. The fourth-order valence-corrected chi connectivity index (χ4v) is 3.52. The van der Waals surface area contributed by atoms with Crippen molar-refractivity contribution in [2.75, 3.05) is 20.2 Å². The number of carboxylic acid groups (broad SMARTS) is 2. The van der Waals surface area contributed by atoms with Crippen molar-refractivity contribution in [3.05, 3.63) is 0 Å². The summed E-state index contributed by atoms with van der Waals surface area (Å²) < 4.78 is 5.41. The Kier molecular flexibility index (Phi) is 4.99. The molecule has 2 fully saturated rings. The summed E-state index contributed by atoms with van der Waals surface area (Å²) in [5, 5.41) is 18.4. The Bertz CT molecular complexity index is 373. The van der Waals surface area contributed by atoms with E-state index in [-0.39, 0.29) is 6.10 Å². The van der Waals surface area contributed by atoms with Crippen LogP contribution >= 0.6 is 0 Å². The van der Waals surface area contributed by atoms with Crippen LogP contribution in [-0.2, 0) is 14.3 Å². The number of hydrogen-bond donors (Lipinski definition) is 2. The second-order valence-electron chi connectivity index (χ2n) is 5.85. The lowest BCUT2D eigenvalue weighted by Gasteiger charge is -2.42. The van der Waals surface area contributed by atoms with Gasteiger partial charge in [0, 0.05) is 19.7 Å². The Balaban J connectivity index is 2.01. The molecule has 1 saturated carbocycles. The van der Waals surface area contributed by atoms with E-state index in [4.69, 9.17) is 9.84 Å². The number of methoxy groups -OCH3 is 1. The highest BCUT2D eigenvalue weighted by Crippen LogP contribution is 2.31. The molecule has 1 aliphatic carbocycles. The first-order chi connectivity index (χ1) is 9.52. The van der Waals surface area contributed by atoms with Gasteiger partial charge in [-0.15, -0.1) is 0 Å². The Morgan fingerprint density at radius 2 is 1.80 bits per heavy atom. The number of carboxylic acids is 2. The van der Waals surface area contributed by atoms with Gasteiger partial charge in [0.25, 0.3) is 0 Å². The Morgan fingerprint density at radius 1 is 1.10 bits per heavy atom. The second-order valence-corrected chi connectivity index (χ2v) is 5.85. The highest BCUT2D eigenvalue weighted by molar-refractivity contribution is 5.80. The van der Waals surface area contributed by atoms with Crippen molar-refractivity contribution in [2.45, 2.75) is 44.2 Å². The first-order valence-electron chi connectivity index (χ1n) is 7.25. The van der Waals surface area contributed by atoms with Crippen molar-refractivity contribution in [2.24, 2.45) is 11.8 Å². The topological polar surface area (TPSA) is 87.1 Å². The summed E-state index contributed by atoms with van der Waals surface area (Å²) >= 11 is 0. The maximum Gasteiger partial charge on any atom is 0.308 e. The molecule has 4 atom stereocenters. The summed E-state index contributed by atoms with van der Waals surface area (Å²) in [7, 11) is 1.71. The van der Waals surface area contributed by atoms with E-state index in [1.54, 1.807) is 7.11 Å². The average molecular weight is 285 g/mol. The lowest BCUT2D eigenvalue weighted by Crippen LogP contribution is -2.51. The van der Waals surface area contributed by atoms with Crippen molar-refractivity contribution in [1.82, 2.24) is 4.90 Å². The lowest BCUT2D eigenvalue weighted by molar-refractivity contribution is -0.158. The van der Waals surface area contributed by atoms with E-state index < -0.39 is 23.8 Å². The Morgan fingerprint density at radius 3 is 2.40 bits per heavy atom. The molecule has 1 aliphatic heterocycles. The van der Waals surface area contributed by atoms with Crippen LogP contribution in [0.5, 0.6) is 0 Å². The number of aliphatic carboxylic acids is 2. The molecule has 0 bridgehead atoms. The summed E-state index contributed by atoms with van der Waals surface area (Å²) in [6.07, 6.45) is 4.76. The minimum atomic E-state index is -0.999. The van der Waals surface area contributed by atoms with Gasteiger partial charge in [-0.1, -0.05) is 0 Å². The third-order valence-electron chi connectivity index (χ3n) is 4.73. The monoisotopic (exact) mass is 285 g/mol. The molecule has 0 aromatic rings. The number of hydrogen-bond acceptors (Lipinski definition) is 4. The number of likely N-dealkylation sites (tertiary alicyclic amines) is 1. The first kappa shape index (κ1) is 15.3. The molecule has 2 N–H and O–H groups in total. The molecule has 1 heterocycles. The third kappa shape index (κ3) is 3.30. The van der Waals surface area contributed by atoms with Crippen molar-refractivity contribution < 1.29 is 24.5 Å². The predicted octanol–water partition coefficient (Wildman–Crippen LogP) is 1.05. The van der Waals surface area contributed by atoms with E-state index >= 15 is 0 Å². The summed E-state index contributed by atoms with van der Waals surface area (Å²) in [6, 6.07) is 0.324. The largest absolute Gasteiger partial charge is 0.481 e. The van der Waals surface area contributed by atoms with Gasteiger partial charge in [-0.25, -0.2) is 0 Å². The highest BCUT2D eigenvalue weighted by atomic mass is 16.5. The van der Waals surface area contributed by atoms with Gasteiger partial charge in [-0.05, 0) is 38.6 Å². The van der Waals surface area contributed by atoms with E-state index in [0.717, 1.165) is 25.7 Å². The molecule has 2 rings (SSSR count). The molecule has 4 unspecified atom stereocenters. The SMILES string of the molecule is COC1CCCC(N2CCC(C(=O)O)C(C(=O)O)C2)C1. The molecule has 20 heavy (non-hydrogen) atoms. The average Bonchev–Trinajstić information content (AvgIpc) is 2.46. The van der Waals surface area contributed by atoms with Crippen molar-refractivity contribution in [3.63, 3.8) is 0 Å².